The molecule has 9 heteroatoms. The predicted octanol–water partition coefficient (Wildman–Crippen LogP) is 1.94. The van der Waals surface area contributed by atoms with Gasteiger partial charge in [-0.15, -0.1) is 0 Å². The molecule has 0 saturated heterocycles. The smallest absolute Gasteiger partial charge is 0.321 e. The summed E-state index contributed by atoms with van der Waals surface area (Å²) in [5, 5.41) is 5.38. The van der Waals surface area contributed by atoms with Crippen LogP contribution in [0.25, 0.3) is 10.9 Å². The highest BCUT2D eigenvalue weighted by molar-refractivity contribution is 6.38. The van der Waals surface area contributed by atoms with E-state index in [2.05, 4.69) is 15.6 Å². The van der Waals surface area contributed by atoms with E-state index in [4.69, 9.17) is 23.2 Å². The lowest BCUT2D eigenvalue weighted by atomic mass is 10.2. The van der Waals surface area contributed by atoms with Crippen molar-refractivity contribution in [3.63, 3.8) is 0 Å². The maximum Gasteiger partial charge on any atom is 0.321 e. The zero-order chi connectivity index (χ0) is 17.1. The first-order valence-electron chi connectivity index (χ1n) is 6.72. The molecule has 0 aliphatic heterocycles. The quantitative estimate of drug-likeness (QED) is 0.878. The average Bonchev–Trinajstić information content (AvgIpc) is 2.41. The molecule has 122 valence electrons. The van der Waals surface area contributed by atoms with E-state index in [1.54, 1.807) is 13.8 Å². The van der Waals surface area contributed by atoms with E-state index in [9.17, 15) is 14.4 Å². The minimum atomic E-state index is -0.639. The fourth-order valence-electron chi connectivity index (χ4n) is 1.93. The van der Waals surface area contributed by atoms with E-state index in [1.165, 1.54) is 18.5 Å². The van der Waals surface area contributed by atoms with Gasteiger partial charge in [0.25, 0.3) is 5.56 Å². The molecule has 2 aromatic rings. The molecule has 0 fully saturated rings. The van der Waals surface area contributed by atoms with Crippen molar-refractivity contribution in [1.82, 2.24) is 20.2 Å². The van der Waals surface area contributed by atoms with Crippen LogP contribution in [0.3, 0.4) is 0 Å². The first-order chi connectivity index (χ1) is 10.8. The first kappa shape index (κ1) is 17.2. The topological polar surface area (TPSA) is 93.1 Å². The third-order valence-electron chi connectivity index (χ3n) is 2.83. The van der Waals surface area contributed by atoms with Gasteiger partial charge in [0, 0.05) is 11.1 Å². The Kier molecular flexibility index (Phi) is 5.23. The minimum absolute atomic E-state index is 0.114. The molecule has 0 atom stereocenters. The molecule has 1 heterocycles. The Morgan fingerprint density at radius 2 is 2.00 bits per heavy atom. The third kappa shape index (κ3) is 4.20. The van der Waals surface area contributed by atoms with E-state index in [1.807, 2.05) is 0 Å². The summed E-state index contributed by atoms with van der Waals surface area (Å²) in [5.74, 6) is -0.639. The van der Waals surface area contributed by atoms with Crippen LogP contribution in [0.2, 0.25) is 10.0 Å². The molecule has 0 unspecified atom stereocenters. The van der Waals surface area contributed by atoms with Crippen LogP contribution in [0, 0.1) is 0 Å². The molecule has 0 saturated carbocycles. The summed E-state index contributed by atoms with van der Waals surface area (Å²) in [6, 6.07) is 2.17. The Morgan fingerprint density at radius 3 is 2.65 bits per heavy atom. The SMILES string of the molecule is CC(C)NC(=O)NC(=O)Cn1cnc2c(Cl)cc(Cl)cc2c1=O. The number of hydrogen-bond acceptors (Lipinski definition) is 4. The molecule has 0 aliphatic rings. The summed E-state index contributed by atoms with van der Waals surface area (Å²) in [5.41, 5.74) is -0.172. The van der Waals surface area contributed by atoms with Gasteiger partial charge in [-0.05, 0) is 26.0 Å². The molecule has 0 bridgehead atoms. The fraction of sp³-hybridized carbons (Fsp3) is 0.286. The Bertz CT molecular complexity index is 833. The Hall–Kier alpha value is -2.12. The summed E-state index contributed by atoms with van der Waals surface area (Å²) >= 11 is 11.9. The molecule has 1 aromatic heterocycles. The molecule has 23 heavy (non-hydrogen) atoms. The Balaban J connectivity index is 2.24. The predicted molar refractivity (Wildman–Crippen MR) is 87.8 cm³/mol. The monoisotopic (exact) mass is 356 g/mol. The molecule has 1 aromatic carbocycles. The summed E-state index contributed by atoms with van der Waals surface area (Å²) < 4.78 is 1.08. The molecular formula is C14H14Cl2N4O3. The molecule has 0 aliphatic carbocycles. The van der Waals surface area contributed by atoms with Crippen molar-refractivity contribution in [3.05, 3.63) is 38.9 Å². The number of benzene rings is 1. The molecular weight excluding hydrogens is 343 g/mol. The number of carbonyl (C=O) groups is 2. The molecule has 7 nitrogen and oxygen atoms in total. The van der Waals surface area contributed by atoms with E-state index in [0.717, 1.165) is 4.57 Å². The lowest BCUT2D eigenvalue weighted by Crippen LogP contribution is -2.44. The van der Waals surface area contributed by atoms with E-state index in [-0.39, 0.29) is 23.0 Å². The molecule has 3 amide bonds. The van der Waals surface area contributed by atoms with E-state index >= 15 is 0 Å². The van der Waals surface area contributed by atoms with Gasteiger partial charge in [0.05, 0.1) is 22.3 Å². The van der Waals surface area contributed by atoms with Crippen LogP contribution >= 0.6 is 23.2 Å². The van der Waals surface area contributed by atoms with Crippen LogP contribution in [-0.4, -0.2) is 27.5 Å². The van der Waals surface area contributed by atoms with Crippen molar-refractivity contribution in [2.75, 3.05) is 0 Å². The van der Waals surface area contributed by atoms with Crippen LogP contribution in [-0.2, 0) is 11.3 Å². The van der Waals surface area contributed by atoms with Crippen molar-refractivity contribution in [2.45, 2.75) is 26.4 Å². The van der Waals surface area contributed by atoms with Gasteiger partial charge in [-0.2, -0.15) is 0 Å². The van der Waals surface area contributed by atoms with Gasteiger partial charge in [0.2, 0.25) is 5.91 Å². The molecule has 0 radical (unpaired) electrons. The second-order valence-corrected chi connectivity index (χ2v) is 5.98. The molecule has 2 N–H and O–H groups in total. The van der Waals surface area contributed by atoms with Gasteiger partial charge in [-0.3, -0.25) is 19.5 Å². The number of aromatic nitrogens is 2. The standard InChI is InChI=1S/C14H14Cl2N4O3/c1-7(2)18-14(23)19-11(21)5-20-6-17-12-9(13(20)22)3-8(15)4-10(12)16/h3-4,6-7H,5H2,1-2H3,(H2,18,19,21,23). The van der Waals surface area contributed by atoms with Crippen LogP contribution in [0.4, 0.5) is 4.79 Å². The van der Waals surface area contributed by atoms with Gasteiger partial charge < -0.3 is 5.32 Å². The normalized spacial score (nSPS) is 10.8. The second-order valence-electron chi connectivity index (χ2n) is 5.14. The highest BCUT2D eigenvalue weighted by Gasteiger charge is 2.13. The number of amides is 3. The van der Waals surface area contributed by atoms with E-state index < -0.39 is 17.5 Å². The molecule has 2 rings (SSSR count). The zero-order valence-corrected chi connectivity index (χ0v) is 13.9. The van der Waals surface area contributed by atoms with Crippen molar-refractivity contribution in [2.24, 2.45) is 0 Å². The maximum absolute atomic E-state index is 12.4. The van der Waals surface area contributed by atoms with Gasteiger partial charge >= 0.3 is 6.03 Å². The van der Waals surface area contributed by atoms with E-state index in [0.29, 0.717) is 10.5 Å². The largest absolute Gasteiger partial charge is 0.336 e. The maximum atomic E-state index is 12.4. The summed E-state index contributed by atoms with van der Waals surface area (Å²) in [6.07, 6.45) is 1.20. The first-order valence-corrected chi connectivity index (χ1v) is 7.48. The van der Waals surface area contributed by atoms with Gasteiger partial charge in [0.15, 0.2) is 0 Å². The average molecular weight is 357 g/mol. The minimum Gasteiger partial charge on any atom is -0.336 e. The van der Waals surface area contributed by atoms with Crippen LogP contribution in [0.15, 0.2) is 23.3 Å². The lowest BCUT2D eigenvalue weighted by Gasteiger charge is -2.10. The van der Waals surface area contributed by atoms with Crippen LogP contribution < -0.4 is 16.2 Å². The highest BCUT2D eigenvalue weighted by Crippen LogP contribution is 2.23. The number of urea groups is 1. The summed E-state index contributed by atoms with van der Waals surface area (Å²) in [4.78, 5) is 39.7. The fourth-order valence-corrected chi connectivity index (χ4v) is 2.47. The summed E-state index contributed by atoms with van der Waals surface area (Å²) in [7, 11) is 0. The summed E-state index contributed by atoms with van der Waals surface area (Å²) in [6.45, 7) is 3.17. The Morgan fingerprint density at radius 1 is 1.30 bits per heavy atom. The molecule has 0 spiro atoms. The number of carbonyl (C=O) groups excluding carboxylic acids is 2. The zero-order valence-electron chi connectivity index (χ0n) is 12.4. The van der Waals surface area contributed by atoms with Crippen LogP contribution in [0.1, 0.15) is 13.8 Å². The Labute approximate surface area is 141 Å². The van der Waals surface area contributed by atoms with Crippen molar-refractivity contribution < 1.29 is 9.59 Å². The van der Waals surface area contributed by atoms with Crippen LogP contribution in [0.5, 0.6) is 0 Å². The van der Waals surface area contributed by atoms with Crippen molar-refractivity contribution in [3.8, 4) is 0 Å². The highest BCUT2D eigenvalue weighted by atomic mass is 35.5. The lowest BCUT2D eigenvalue weighted by molar-refractivity contribution is -0.120. The number of nitrogens with one attached hydrogen (secondary N) is 2. The third-order valence-corrected chi connectivity index (χ3v) is 3.34. The number of nitrogens with zero attached hydrogens (tertiary/aromatic N) is 2. The van der Waals surface area contributed by atoms with Gasteiger partial charge in [-0.1, -0.05) is 23.2 Å². The van der Waals surface area contributed by atoms with Gasteiger partial charge in [-0.25, -0.2) is 9.78 Å². The van der Waals surface area contributed by atoms with Gasteiger partial charge in [0.1, 0.15) is 6.54 Å². The number of fused-ring (bicyclic) bond motifs is 1. The second kappa shape index (κ2) is 6.97. The number of halogens is 2. The number of imide groups is 1. The number of hydrogen-bond donors (Lipinski definition) is 2. The van der Waals surface area contributed by atoms with Crippen molar-refractivity contribution in [1.29, 1.82) is 0 Å². The van der Waals surface area contributed by atoms with Crippen molar-refractivity contribution >= 4 is 46.0 Å². The number of rotatable bonds is 3.